The van der Waals surface area contributed by atoms with Crippen LogP contribution in [0.2, 0.25) is 0 Å². The zero-order chi connectivity index (χ0) is 19.7. The monoisotopic (exact) mass is 357 g/mol. The van der Waals surface area contributed by atoms with Crippen LogP contribution in [0.4, 0.5) is 0 Å². The van der Waals surface area contributed by atoms with Gasteiger partial charge >= 0.3 is 7.12 Å². The van der Waals surface area contributed by atoms with Crippen molar-refractivity contribution in [3.05, 3.63) is 40.4 Å². The van der Waals surface area contributed by atoms with E-state index in [2.05, 4.69) is 85.0 Å². The lowest BCUT2D eigenvalue weighted by molar-refractivity contribution is 0.00578. The first-order valence-corrected chi connectivity index (χ1v) is 9.83. The standard InChI is InChI=1S/C22H36BNO2/c1-15(2)18-11-10-12-19(16(3)4)20(18)13-17(14-24-9)23-25-21(5,6)22(7,8)26-23/h10-13,15-16,24H,14H2,1-9H3. The molecule has 26 heavy (non-hydrogen) atoms. The Hall–Kier alpha value is -1.10. The molecule has 0 spiro atoms. The van der Waals surface area contributed by atoms with Crippen LogP contribution in [0.25, 0.3) is 6.08 Å². The fourth-order valence-electron chi connectivity index (χ4n) is 3.36. The highest BCUT2D eigenvalue weighted by atomic mass is 16.7. The third-order valence-corrected chi connectivity index (χ3v) is 5.68. The second-order valence-electron chi connectivity index (χ2n) is 9.00. The Morgan fingerprint density at radius 3 is 1.85 bits per heavy atom. The van der Waals surface area contributed by atoms with Gasteiger partial charge in [-0.25, -0.2) is 0 Å². The van der Waals surface area contributed by atoms with Crippen LogP contribution in [0.5, 0.6) is 0 Å². The molecule has 1 heterocycles. The number of benzene rings is 1. The van der Waals surface area contributed by atoms with E-state index in [1.54, 1.807) is 0 Å². The number of rotatable bonds is 6. The first-order valence-electron chi connectivity index (χ1n) is 9.83. The first-order chi connectivity index (χ1) is 12.0. The van der Waals surface area contributed by atoms with E-state index in [0.29, 0.717) is 11.8 Å². The second-order valence-corrected chi connectivity index (χ2v) is 9.00. The van der Waals surface area contributed by atoms with E-state index in [-0.39, 0.29) is 18.3 Å². The Kier molecular flexibility index (Phi) is 6.42. The molecular formula is C22H36BNO2. The summed E-state index contributed by atoms with van der Waals surface area (Å²) < 4.78 is 12.6. The molecule has 0 saturated carbocycles. The van der Waals surface area contributed by atoms with Gasteiger partial charge in [0.05, 0.1) is 11.2 Å². The topological polar surface area (TPSA) is 30.5 Å². The summed E-state index contributed by atoms with van der Waals surface area (Å²) >= 11 is 0. The fraction of sp³-hybridized carbons (Fsp3) is 0.636. The van der Waals surface area contributed by atoms with E-state index in [1.807, 2.05) is 7.05 Å². The lowest BCUT2D eigenvalue weighted by Crippen LogP contribution is -2.41. The predicted octanol–water partition coefficient (Wildman–Crippen LogP) is 5.17. The number of nitrogens with one attached hydrogen (secondary N) is 1. The average Bonchev–Trinajstić information content (AvgIpc) is 2.74. The van der Waals surface area contributed by atoms with E-state index in [4.69, 9.17) is 9.31 Å². The summed E-state index contributed by atoms with van der Waals surface area (Å²) in [6.45, 7) is 18.2. The van der Waals surface area contributed by atoms with Gasteiger partial charge in [0.15, 0.2) is 0 Å². The predicted molar refractivity (Wildman–Crippen MR) is 113 cm³/mol. The van der Waals surface area contributed by atoms with Crippen LogP contribution in [0.1, 0.15) is 83.9 Å². The smallest absolute Gasteiger partial charge is 0.400 e. The molecule has 0 unspecified atom stereocenters. The zero-order valence-electron chi connectivity index (χ0n) is 18.1. The van der Waals surface area contributed by atoms with Crippen molar-refractivity contribution in [2.45, 2.75) is 78.4 Å². The van der Waals surface area contributed by atoms with Gasteiger partial charge in [0.25, 0.3) is 0 Å². The molecule has 1 N–H and O–H groups in total. The van der Waals surface area contributed by atoms with Gasteiger partial charge in [-0.3, -0.25) is 0 Å². The van der Waals surface area contributed by atoms with Gasteiger partial charge in [0, 0.05) is 6.54 Å². The van der Waals surface area contributed by atoms with Crippen LogP contribution in [-0.4, -0.2) is 31.9 Å². The molecule has 2 rings (SSSR count). The number of hydrogen-bond donors (Lipinski definition) is 1. The second kappa shape index (κ2) is 7.88. The van der Waals surface area contributed by atoms with Crippen molar-refractivity contribution < 1.29 is 9.31 Å². The van der Waals surface area contributed by atoms with Gasteiger partial charge in [0.1, 0.15) is 0 Å². The van der Waals surface area contributed by atoms with E-state index >= 15 is 0 Å². The number of likely N-dealkylation sites (N-methyl/N-ethyl adjacent to an activating group) is 1. The summed E-state index contributed by atoms with van der Waals surface area (Å²) in [7, 11) is 1.64. The van der Waals surface area contributed by atoms with E-state index in [9.17, 15) is 0 Å². The van der Waals surface area contributed by atoms with Crippen molar-refractivity contribution >= 4 is 13.2 Å². The molecule has 1 saturated heterocycles. The fourth-order valence-corrected chi connectivity index (χ4v) is 3.36. The van der Waals surface area contributed by atoms with Crippen LogP contribution in [0.3, 0.4) is 0 Å². The molecule has 0 bridgehead atoms. The molecule has 1 aromatic carbocycles. The van der Waals surface area contributed by atoms with Gasteiger partial charge in [-0.15, -0.1) is 0 Å². The third-order valence-electron chi connectivity index (χ3n) is 5.68. The molecule has 1 aliphatic heterocycles. The molecule has 0 atom stereocenters. The maximum Gasteiger partial charge on any atom is 0.491 e. The first kappa shape index (κ1) is 21.2. The highest BCUT2D eigenvalue weighted by Crippen LogP contribution is 2.39. The average molecular weight is 357 g/mol. The Morgan fingerprint density at radius 2 is 1.46 bits per heavy atom. The summed E-state index contributed by atoms with van der Waals surface area (Å²) in [6.07, 6.45) is 2.29. The van der Waals surface area contributed by atoms with Crippen molar-refractivity contribution in [2.75, 3.05) is 13.6 Å². The Balaban J connectivity index is 2.54. The van der Waals surface area contributed by atoms with Crippen molar-refractivity contribution in [3.8, 4) is 0 Å². The Labute approximate surface area is 160 Å². The van der Waals surface area contributed by atoms with Crippen LogP contribution in [0, 0.1) is 0 Å². The van der Waals surface area contributed by atoms with Crippen LogP contribution in [-0.2, 0) is 9.31 Å². The maximum atomic E-state index is 6.32. The summed E-state index contributed by atoms with van der Waals surface area (Å²) in [5, 5.41) is 3.29. The maximum absolute atomic E-state index is 6.32. The van der Waals surface area contributed by atoms with Gasteiger partial charge in [-0.2, -0.15) is 0 Å². The highest BCUT2D eigenvalue weighted by molar-refractivity contribution is 6.56. The van der Waals surface area contributed by atoms with Crippen molar-refractivity contribution in [3.63, 3.8) is 0 Å². The Bertz CT molecular complexity index is 620. The summed E-state index contributed by atoms with van der Waals surface area (Å²) in [5.74, 6) is 0.933. The van der Waals surface area contributed by atoms with Crippen LogP contribution < -0.4 is 5.32 Å². The van der Waals surface area contributed by atoms with Crippen molar-refractivity contribution in [1.82, 2.24) is 5.32 Å². The van der Waals surface area contributed by atoms with Gasteiger partial charge in [0.2, 0.25) is 0 Å². The largest absolute Gasteiger partial charge is 0.491 e. The van der Waals surface area contributed by atoms with Gasteiger partial charge < -0.3 is 14.6 Å². The molecule has 0 radical (unpaired) electrons. The van der Waals surface area contributed by atoms with Gasteiger partial charge in [-0.1, -0.05) is 52.0 Å². The Morgan fingerprint density at radius 1 is 1.00 bits per heavy atom. The molecular weight excluding hydrogens is 321 g/mol. The summed E-state index contributed by atoms with van der Waals surface area (Å²) in [6, 6.07) is 6.65. The molecule has 144 valence electrons. The van der Waals surface area contributed by atoms with Crippen LogP contribution in [0.15, 0.2) is 23.7 Å². The highest BCUT2D eigenvalue weighted by Gasteiger charge is 2.52. The molecule has 0 amide bonds. The zero-order valence-corrected chi connectivity index (χ0v) is 18.1. The quantitative estimate of drug-likeness (QED) is 0.713. The van der Waals surface area contributed by atoms with E-state index < -0.39 is 0 Å². The molecule has 4 heteroatoms. The van der Waals surface area contributed by atoms with Crippen molar-refractivity contribution in [2.24, 2.45) is 0 Å². The minimum absolute atomic E-state index is 0.326. The lowest BCUT2D eigenvalue weighted by Gasteiger charge is -2.32. The molecule has 0 aliphatic carbocycles. The van der Waals surface area contributed by atoms with E-state index in [0.717, 1.165) is 12.0 Å². The van der Waals surface area contributed by atoms with E-state index in [1.165, 1.54) is 16.7 Å². The summed E-state index contributed by atoms with van der Waals surface area (Å²) in [5.41, 5.74) is 4.55. The minimum Gasteiger partial charge on any atom is -0.400 e. The SMILES string of the molecule is CNCC(=Cc1c(C(C)C)cccc1C(C)C)B1OC(C)(C)C(C)(C)O1. The normalized spacial score (nSPS) is 19.7. The molecule has 1 fully saturated rings. The molecule has 3 nitrogen and oxygen atoms in total. The van der Waals surface area contributed by atoms with Crippen LogP contribution >= 0.6 is 0 Å². The molecule has 1 aromatic rings. The minimum atomic E-state index is -0.330. The number of hydrogen-bond acceptors (Lipinski definition) is 3. The molecule has 0 aromatic heterocycles. The third kappa shape index (κ3) is 4.24. The molecule has 1 aliphatic rings. The van der Waals surface area contributed by atoms with Crippen molar-refractivity contribution in [1.29, 1.82) is 0 Å². The van der Waals surface area contributed by atoms with Gasteiger partial charge in [-0.05, 0) is 68.7 Å². The summed E-state index contributed by atoms with van der Waals surface area (Å²) in [4.78, 5) is 0. The lowest BCUT2D eigenvalue weighted by atomic mass is 9.75.